The number of anilines is 2. The topological polar surface area (TPSA) is 84.4 Å². The number of halogens is 1. The molecule has 0 bridgehead atoms. The Kier molecular flexibility index (Phi) is 6.43. The van der Waals surface area contributed by atoms with Crippen LogP contribution in [-0.4, -0.2) is 49.0 Å². The van der Waals surface area contributed by atoms with Crippen LogP contribution in [0.1, 0.15) is 24.0 Å². The summed E-state index contributed by atoms with van der Waals surface area (Å²) in [4.78, 5) is 10.0. The van der Waals surface area contributed by atoms with Crippen molar-refractivity contribution in [3.05, 3.63) is 64.3 Å². The molecule has 1 N–H and O–H groups in total. The highest BCUT2D eigenvalue weighted by Crippen LogP contribution is 2.40. The number of fused-ring (bicyclic) bond motifs is 2. The number of aromatic nitrogens is 2. The average molecular weight is 541 g/mol. The zero-order valence-corrected chi connectivity index (χ0v) is 21.9. The van der Waals surface area contributed by atoms with Gasteiger partial charge < -0.3 is 10.1 Å². The van der Waals surface area contributed by atoms with E-state index in [-0.39, 0.29) is 4.90 Å². The first-order chi connectivity index (χ1) is 17.5. The number of rotatable bonds is 5. The Morgan fingerprint density at radius 2 is 1.81 bits per heavy atom. The monoisotopic (exact) mass is 540 g/mol. The Balaban J connectivity index is 1.38. The van der Waals surface area contributed by atoms with Crippen LogP contribution in [0.2, 0.25) is 5.02 Å². The number of morpholine rings is 1. The van der Waals surface area contributed by atoms with E-state index in [1.807, 2.05) is 0 Å². The Morgan fingerprint density at radius 3 is 2.64 bits per heavy atom. The van der Waals surface area contributed by atoms with Crippen LogP contribution < -0.4 is 5.32 Å². The number of sulfonamides is 1. The van der Waals surface area contributed by atoms with E-state index in [2.05, 4.69) is 38.9 Å². The van der Waals surface area contributed by atoms with Crippen LogP contribution in [0, 0.1) is 0 Å². The zero-order chi connectivity index (χ0) is 24.7. The van der Waals surface area contributed by atoms with Crippen LogP contribution in [0.15, 0.2) is 53.0 Å². The molecule has 6 rings (SSSR count). The second-order valence-corrected chi connectivity index (χ2v) is 12.2. The van der Waals surface area contributed by atoms with Gasteiger partial charge in [-0.1, -0.05) is 29.8 Å². The molecule has 7 nitrogen and oxygen atoms in total. The molecule has 1 aliphatic carbocycles. The molecule has 0 unspecified atom stereocenters. The van der Waals surface area contributed by atoms with Gasteiger partial charge in [0.05, 0.1) is 34.2 Å². The van der Waals surface area contributed by atoms with Crippen LogP contribution in [0.3, 0.4) is 0 Å². The molecule has 2 aliphatic rings. The maximum atomic E-state index is 13.2. The second-order valence-electron chi connectivity index (χ2n) is 9.03. The highest BCUT2D eigenvalue weighted by molar-refractivity contribution is 7.89. The van der Waals surface area contributed by atoms with E-state index >= 15 is 0 Å². The van der Waals surface area contributed by atoms with Crippen LogP contribution in [-0.2, 0) is 27.6 Å². The van der Waals surface area contributed by atoms with E-state index < -0.39 is 10.0 Å². The molecule has 1 fully saturated rings. The second kappa shape index (κ2) is 9.72. The number of hydrogen-bond acceptors (Lipinski definition) is 7. The van der Waals surface area contributed by atoms with Gasteiger partial charge in [0.25, 0.3) is 0 Å². The van der Waals surface area contributed by atoms with Gasteiger partial charge in [0, 0.05) is 24.0 Å². The highest BCUT2D eigenvalue weighted by atomic mass is 35.5. The zero-order valence-electron chi connectivity index (χ0n) is 19.5. The number of hydrogen-bond donors (Lipinski definition) is 1. The summed E-state index contributed by atoms with van der Waals surface area (Å²) in [6, 6.07) is 11.4. The fraction of sp³-hybridized carbons (Fsp3) is 0.308. The van der Waals surface area contributed by atoms with E-state index in [1.54, 1.807) is 23.5 Å². The van der Waals surface area contributed by atoms with Gasteiger partial charge in [-0.2, -0.15) is 4.31 Å². The molecule has 2 aromatic heterocycles. The Bertz CT molecular complexity index is 1550. The third-order valence-corrected chi connectivity index (χ3v) is 9.94. The molecule has 4 aromatic rings. The van der Waals surface area contributed by atoms with Crippen molar-refractivity contribution >= 4 is 54.7 Å². The van der Waals surface area contributed by atoms with Gasteiger partial charge in [-0.3, -0.25) is 0 Å². The molecule has 0 amide bonds. The largest absolute Gasteiger partial charge is 0.379 e. The molecule has 0 radical (unpaired) electrons. The minimum absolute atomic E-state index is 0.182. The number of nitrogens with one attached hydrogen (secondary N) is 1. The Morgan fingerprint density at radius 1 is 1.00 bits per heavy atom. The summed E-state index contributed by atoms with van der Waals surface area (Å²) < 4.78 is 33.2. The number of thiophene rings is 1. The highest BCUT2D eigenvalue weighted by Gasteiger charge is 2.27. The molecule has 1 aliphatic heterocycles. The van der Waals surface area contributed by atoms with Gasteiger partial charge in [0.2, 0.25) is 10.0 Å². The summed E-state index contributed by atoms with van der Waals surface area (Å²) in [5, 5.41) is 6.72. The summed E-state index contributed by atoms with van der Waals surface area (Å²) in [5.74, 6) is 0.594. The van der Waals surface area contributed by atoms with Crippen molar-refractivity contribution in [2.45, 2.75) is 30.6 Å². The van der Waals surface area contributed by atoms with Crippen molar-refractivity contribution in [2.75, 3.05) is 31.6 Å². The van der Waals surface area contributed by atoms with Crippen molar-refractivity contribution < 1.29 is 13.2 Å². The van der Waals surface area contributed by atoms with Crippen molar-refractivity contribution in [3.63, 3.8) is 0 Å². The van der Waals surface area contributed by atoms with Crippen LogP contribution in [0.25, 0.3) is 21.3 Å². The third kappa shape index (κ3) is 4.39. The van der Waals surface area contributed by atoms with Crippen molar-refractivity contribution in [1.29, 1.82) is 0 Å². The van der Waals surface area contributed by atoms with Crippen LogP contribution in [0.5, 0.6) is 0 Å². The van der Waals surface area contributed by atoms with Crippen molar-refractivity contribution in [2.24, 2.45) is 0 Å². The molecule has 0 saturated carbocycles. The maximum absolute atomic E-state index is 13.2. The molecule has 36 heavy (non-hydrogen) atoms. The summed E-state index contributed by atoms with van der Waals surface area (Å²) >= 11 is 8.07. The van der Waals surface area contributed by atoms with Gasteiger partial charge in [-0.15, -0.1) is 11.3 Å². The first-order valence-corrected chi connectivity index (χ1v) is 14.7. The van der Waals surface area contributed by atoms with Crippen LogP contribution in [0.4, 0.5) is 11.5 Å². The molecule has 1 saturated heterocycles. The lowest BCUT2D eigenvalue weighted by Crippen LogP contribution is -2.40. The molecule has 0 atom stereocenters. The van der Waals surface area contributed by atoms with Crippen molar-refractivity contribution in [3.8, 4) is 11.1 Å². The average Bonchev–Trinajstić information content (AvgIpc) is 3.35. The minimum Gasteiger partial charge on any atom is -0.379 e. The summed E-state index contributed by atoms with van der Waals surface area (Å²) in [6.45, 7) is 1.44. The number of benzene rings is 2. The molecular formula is C26H25ClN4O3S2. The van der Waals surface area contributed by atoms with Crippen LogP contribution >= 0.6 is 22.9 Å². The number of aryl methyl sites for hydroxylation is 2. The van der Waals surface area contributed by atoms with E-state index in [9.17, 15) is 8.42 Å². The Hall–Kier alpha value is -2.56. The first-order valence-electron chi connectivity index (χ1n) is 12.0. The number of nitrogens with zero attached hydrogens (tertiary/aromatic N) is 3. The third-order valence-electron chi connectivity index (χ3n) is 6.83. The molecule has 10 heteroatoms. The smallest absolute Gasteiger partial charge is 0.243 e. The predicted molar refractivity (Wildman–Crippen MR) is 144 cm³/mol. The summed E-state index contributed by atoms with van der Waals surface area (Å²) in [6.07, 6.45) is 6.22. The lowest BCUT2D eigenvalue weighted by atomic mass is 9.89. The maximum Gasteiger partial charge on any atom is 0.243 e. The normalized spacial score (nSPS) is 16.7. The van der Waals surface area contributed by atoms with Gasteiger partial charge in [-0.25, -0.2) is 18.4 Å². The van der Waals surface area contributed by atoms with E-state index in [0.29, 0.717) is 42.8 Å². The molecule has 186 valence electrons. The van der Waals surface area contributed by atoms with E-state index in [1.165, 1.54) is 40.7 Å². The van der Waals surface area contributed by atoms with Gasteiger partial charge in [-0.05, 0) is 60.6 Å². The molecule has 2 aromatic carbocycles. The fourth-order valence-electron chi connectivity index (χ4n) is 4.91. The first kappa shape index (κ1) is 23.8. The lowest BCUT2D eigenvalue weighted by molar-refractivity contribution is 0.0730. The van der Waals surface area contributed by atoms with Gasteiger partial charge >= 0.3 is 0 Å². The van der Waals surface area contributed by atoms with Gasteiger partial charge in [0.15, 0.2) is 0 Å². The SMILES string of the molecule is O=S(=O)(c1ccc(Cl)c(Nc2ncnc3scc(-c4ccc5c(c4)CCCC5)c23)c1)N1CCOCC1. The summed E-state index contributed by atoms with van der Waals surface area (Å²) in [5.41, 5.74) is 5.51. The minimum atomic E-state index is -3.66. The quantitative estimate of drug-likeness (QED) is 0.352. The Labute approximate surface area is 219 Å². The lowest BCUT2D eigenvalue weighted by Gasteiger charge is -2.26. The summed E-state index contributed by atoms with van der Waals surface area (Å²) in [7, 11) is -3.66. The standard InChI is InChI=1S/C26H25ClN4O3S2/c27-22-8-7-20(36(32,33)31-9-11-34-12-10-31)14-23(22)30-25-24-21(15-35-26(24)29-16-28-25)19-6-5-17-3-1-2-4-18(17)13-19/h5-8,13-16H,1-4,9-12H2,(H,28,29,30). The molecule has 0 spiro atoms. The van der Waals surface area contributed by atoms with E-state index in [0.717, 1.165) is 34.2 Å². The van der Waals surface area contributed by atoms with E-state index in [4.69, 9.17) is 16.3 Å². The van der Waals surface area contributed by atoms with Crippen molar-refractivity contribution in [1.82, 2.24) is 14.3 Å². The predicted octanol–water partition coefficient (Wildman–Crippen LogP) is 5.66. The van der Waals surface area contributed by atoms with Gasteiger partial charge in [0.1, 0.15) is 17.0 Å². The number of ether oxygens (including phenoxy) is 1. The molecule has 3 heterocycles. The fourth-order valence-corrected chi connectivity index (χ4v) is 7.42. The molecular weight excluding hydrogens is 516 g/mol.